The second kappa shape index (κ2) is 12.7. The van der Waals surface area contributed by atoms with Gasteiger partial charge in [0, 0.05) is 12.8 Å². The molecule has 9 heteroatoms. The summed E-state index contributed by atoms with van der Waals surface area (Å²) in [6, 6.07) is 20.4. The summed E-state index contributed by atoms with van der Waals surface area (Å²) in [7, 11) is 0. The Kier molecular flexibility index (Phi) is 8.87. The Labute approximate surface area is 260 Å². The van der Waals surface area contributed by atoms with Crippen LogP contribution in [0.25, 0.3) is 0 Å². The fourth-order valence-electron chi connectivity index (χ4n) is 7.63. The van der Waals surface area contributed by atoms with E-state index in [0.29, 0.717) is 32.7 Å². The zero-order valence-corrected chi connectivity index (χ0v) is 25.9. The molecule has 240 valence electrons. The van der Waals surface area contributed by atoms with Gasteiger partial charge in [0.2, 0.25) is 0 Å². The summed E-state index contributed by atoms with van der Waals surface area (Å²) in [5, 5.41) is 10.1. The molecule has 9 nitrogen and oxygen atoms in total. The first-order valence-corrected chi connectivity index (χ1v) is 16.2. The Hall–Kier alpha value is -1.92. The van der Waals surface area contributed by atoms with E-state index in [0.717, 1.165) is 24.0 Å². The minimum atomic E-state index is -0.767. The number of hydrogen-bond acceptors (Lipinski definition) is 9. The molecular formula is C35H46O9. The molecule has 0 spiro atoms. The fourth-order valence-corrected chi connectivity index (χ4v) is 7.63. The maximum atomic E-state index is 10.1. The highest BCUT2D eigenvalue weighted by Crippen LogP contribution is 2.48. The summed E-state index contributed by atoms with van der Waals surface area (Å²) >= 11 is 0. The van der Waals surface area contributed by atoms with E-state index in [1.165, 1.54) is 0 Å². The van der Waals surface area contributed by atoms with Crippen LogP contribution in [0.5, 0.6) is 0 Å². The first-order chi connectivity index (χ1) is 21.3. The van der Waals surface area contributed by atoms with Gasteiger partial charge < -0.3 is 43.0 Å². The van der Waals surface area contributed by atoms with Crippen LogP contribution in [0.3, 0.4) is 0 Å². The molecule has 0 aliphatic carbocycles. The number of benzene rings is 2. The van der Waals surface area contributed by atoms with Crippen molar-refractivity contribution in [1.29, 1.82) is 0 Å². The second-order valence-electron chi connectivity index (χ2n) is 13.6. The maximum absolute atomic E-state index is 10.1. The van der Waals surface area contributed by atoms with E-state index in [2.05, 4.69) is 31.2 Å². The van der Waals surface area contributed by atoms with E-state index in [1.807, 2.05) is 50.2 Å². The summed E-state index contributed by atoms with van der Waals surface area (Å²) in [5.41, 5.74) is 1.70. The van der Waals surface area contributed by atoms with Crippen LogP contribution in [0.15, 0.2) is 60.7 Å². The lowest BCUT2D eigenvalue weighted by Crippen LogP contribution is -2.66. The first kappa shape index (κ1) is 30.7. The molecule has 7 rings (SSSR count). The van der Waals surface area contributed by atoms with Crippen molar-refractivity contribution < 1.29 is 43.0 Å². The van der Waals surface area contributed by atoms with Crippen molar-refractivity contribution in [2.45, 2.75) is 132 Å². The third kappa shape index (κ3) is 6.36. The largest absolute Gasteiger partial charge is 0.394 e. The van der Waals surface area contributed by atoms with Gasteiger partial charge in [0.05, 0.1) is 62.5 Å². The molecule has 5 fully saturated rings. The highest BCUT2D eigenvalue weighted by molar-refractivity contribution is 5.14. The lowest BCUT2D eigenvalue weighted by Gasteiger charge is -2.52. The molecule has 5 aliphatic rings. The SMILES string of the molecule is CC1(C)OC2[C@H]3O[C@@]4(C)CC[C@H]5O[C@@H](COCc6ccccc6)[C@H](OCc6ccccc6)C[C@@H]5O[C@@H]4C[C@@H]3O[C@H](CO)[C@H]2O1. The second-order valence-corrected chi connectivity index (χ2v) is 13.6. The number of ether oxygens (including phenoxy) is 8. The van der Waals surface area contributed by atoms with Crippen LogP contribution in [0.1, 0.15) is 57.6 Å². The summed E-state index contributed by atoms with van der Waals surface area (Å²) in [5.74, 6) is -0.767. The Morgan fingerprint density at radius 2 is 1.41 bits per heavy atom. The van der Waals surface area contributed by atoms with Crippen molar-refractivity contribution in [3.63, 3.8) is 0 Å². The van der Waals surface area contributed by atoms with Crippen molar-refractivity contribution in [3.8, 4) is 0 Å². The van der Waals surface area contributed by atoms with Crippen molar-refractivity contribution in [2.24, 2.45) is 0 Å². The third-order valence-corrected chi connectivity index (χ3v) is 9.89. The van der Waals surface area contributed by atoms with Gasteiger partial charge in [0.1, 0.15) is 30.5 Å². The van der Waals surface area contributed by atoms with Gasteiger partial charge in [-0.2, -0.15) is 0 Å². The summed E-state index contributed by atoms with van der Waals surface area (Å²) in [6.45, 7) is 7.25. The van der Waals surface area contributed by atoms with Gasteiger partial charge in [-0.3, -0.25) is 0 Å². The lowest BCUT2D eigenvalue weighted by molar-refractivity contribution is -0.303. The average molecular weight is 611 g/mol. The van der Waals surface area contributed by atoms with Crippen molar-refractivity contribution in [2.75, 3.05) is 13.2 Å². The van der Waals surface area contributed by atoms with Crippen LogP contribution >= 0.6 is 0 Å². The number of fused-ring (bicyclic) bond motifs is 5. The molecule has 0 bridgehead atoms. The van der Waals surface area contributed by atoms with Gasteiger partial charge >= 0.3 is 0 Å². The molecule has 2 aromatic rings. The van der Waals surface area contributed by atoms with E-state index in [-0.39, 0.29) is 61.5 Å². The smallest absolute Gasteiger partial charge is 0.164 e. The van der Waals surface area contributed by atoms with Gasteiger partial charge in [-0.05, 0) is 44.7 Å². The summed E-state index contributed by atoms with van der Waals surface area (Å²) < 4.78 is 52.1. The highest BCUT2D eigenvalue weighted by atomic mass is 16.8. The van der Waals surface area contributed by atoms with E-state index in [4.69, 9.17) is 37.9 Å². The molecule has 2 aromatic carbocycles. The summed E-state index contributed by atoms with van der Waals surface area (Å²) in [6.07, 6.45) is 0.315. The number of aliphatic hydroxyl groups is 1. The number of rotatable bonds is 8. The molecule has 44 heavy (non-hydrogen) atoms. The predicted octanol–water partition coefficient (Wildman–Crippen LogP) is 4.32. The minimum Gasteiger partial charge on any atom is -0.394 e. The molecule has 1 unspecified atom stereocenters. The molecule has 0 saturated carbocycles. The number of hydrogen-bond donors (Lipinski definition) is 1. The normalized spacial score (nSPS) is 41.1. The molecule has 5 saturated heterocycles. The molecular weight excluding hydrogens is 564 g/mol. The van der Waals surface area contributed by atoms with Crippen LogP contribution in [0.2, 0.25) is 0 Å². The molecule has 0 amide bonds. The fraction of sp³-hybridized carbons (Fsp3) is 0.657. The quantitative estimate of drug-likeness (QED) is 0.469. The maximum Gasteiger partial charge on any atom is 0.164 e. The minimum absolute atomic E-state index is 0.103. The third-order valence-electron chi connectivity index (χ3n) is 9.89. The zero-order chi connectivity index (χ0) is 30.3. The van der Waals surface area contributed by atoms with Gasteiger partial charge in [0.25, 0.3) is 0 Å². The van der Waals surface area contributed by atoms with E-state index in [1.54, 1.807) is 0 Å². The van der Waals surface area contributed by atoms with E-state index < -0.39 is 17.5 Å². The highest BCUT2D eigenvalue weighted by Gasteiger charge is 2.61. The Morgan fingerprint density at radius 1 is 0.727 bits per heavy atom. The van der Waals surface area contributed by atoms with Crippen LogP contribution in [-0.2, 0) is 51.1 Å². The molecule has 5 aliphatic heterocycles. The molecule has 5 heterocycles. The topological polar surface area (TPSA) is 94.1 Å². The van der Waals surface area contributed by atoms with Crippen molar-refractivity contribution in [1.82, 2.24) is 0 Å². The van der Waals surface area contributed by atoms with Crippen molar-refractivity contribution in [3.05, 3.63) is 71.8 Å². The van der Waals surface area contributed by atoms with Crippen LogP contribution in [0, 0.1) is 0 Å². The molecule has 0 aromatic heterocycles. The predicted molar refractivity (Wildman–Crippen MR) is 160 cm³/mol. The summed E-state index contributed by atoms with van der Waals surface area (Å²) in [4.78, 5) is 0. The van der Waals surface area contributed by atoms with E-state index >= 15 is 0 Å². The van der Waals surface area contributed by atoms with Crippen LogP contribution in [0.4, 0.5) is 0 Å². The average Bonchev–Trinajstić information content (AvgIpc) is 3.29. The zero-order valence-electron chi connectivity index (χ0n) is 25.9. The van der Waals surface area contributed by atoms with Gasteiger partial charge in [-0.1, -0.05) is 60.7 Å². The standard InChI is InChI=1S/C35H46O9/c1-34(2)42-32-28(18-36)40-27-17-30-35(3,44-31(27)33(32)43-34)15-14-24-26(41-30)16-25(38-20-23-12-8-5-9-13-23)29(39-24)21-37-19-22-10-6-4-7-11-22/h4-13,24-33,36H,14-21H2,1-3H3/t24-,25-,26+,27+,28-,29+,30-,31+,32-,33?,35+/m1/s1. The van der Waals surface area contributed by atoms with Gasteiger partial charge in [-0.25, -0.2) is 0 Å². The number of aliphatic hydroxyl groups excluding tert-OH is 1. The van der Waals surface area contributed by atoms with Crippen LogP contribution in [-0.4, -0.2) is 90.7 Å². The van der Waals surface area contributed by atoms with Crippen molar-refractivity contribution >= 4 is 0 Å². The Balaban J connectivity index is 1.06. The molecule has 1 N–H and O–H groups in total. The van der Waals surface area contributed by atoms with Gasteiger partial charge in [-0.15, -0.1) is 0 Å². The first-order valence-electron chi connectivity index (χ1n) is 16.2. The lowest BCUT2D eigenvalue weighted by atomic mass is 9.81. The monoisotopic (exact) mass is 610 g/mol. The van der Waals surface area contributed by atoms with E-state index in [9.17, 15) is 5.11 Å². The molecule has 0 radical (unpaired) electrons. The Morgan fingerprint density at radius 3 is 2.14 bits per heavy atom. The van der Waals surface area contributed by atoms with Crippen LogP contribution < -0.4 is 0 Å². The molecule has 11 atom stereocenters. The van der Waals surface area contributed by atoms with Gasteiger partial charge in [0.15, 0.2) is 5.79 Å². The Bertz CT molecular complexity index is 1230.